The highest BCUT2D eigenvalue weighted by Crippen LogP contribution is 2.01. The summed E-state index contributed by atoms with van der Waals surface area (Å²) in [6.07, 6.45) is 11.1. The lowest BCUT2D eigenvalue weighted by molar-refractivity contribution is -0.119. The molecule has 0 rings (SSSR count). The van der Waals surface area contributed by atoms with E-state index in [-0.39, 0.29) is 5.78 Å². The highest BCUT2D eigenvalue weighted by molar-refractivity contribution is 5.87. The maximum atomic E-state index is 11.2. The second kappa shape index (κ2) is 9.38. The number of unbranched alkanes of at least 4 members (excludes halogenated alkanes) is 1. The molecule has 15 heavy (non-hydrogen) atoms. The van der Waals surface area contributed by atoms with E-state index in [0.717, 1.165) is 19.3 Å². The number of carbonyl (C=O) groups is 2. The Balaban J connectivity index is 3.52. The summed E-state index contributed by atoms with van der Waals surface area (Å²) in [6, 6.07) is 0. The number of allylic oxidation sites excluding steroid dienone is 4. The Kier molecular flexibility index (Phi) is 8.64. The van der Waals surface area contributed by atoms with Gasteiger partial charge in [0, 0.05) is 12.8 Å². The Morgan fingerprint density at radius 2 is 1.87 bits per heavy atom. The SMILES string of the molecule is CCCCC(=O)CC/C=C/C=C/C(C)=O. The Morgan fingerprint density at radius 3 is 2.47 bits per heavy atom. The van der Waals surface area contributed by atoms with Crippen LogP contribution in [-0.2, 0) is 9.59 Å². The van der Waals surface area contributed by atoms with Gasteiger partial charge in [0.2, 0.25) is 0 Å². The summed E-state index contributed by atoms with van der Waals surface area (Å²) >= 11 is 0. The maximum absolute atomic E-state index is 11.2. The molecule has 0 aliphatic rings. The fourth-order valence-corrected chi connectivity index (χ4v) is 1.11. The summed E-state index contributed by atoms with van der Waals surface area (Å²) in [5.74, 6) is 0.371. The highest BCUT2D eigenvalue weighted by atomic mass is 16.1. The summed E-state index contributed by atoms with van der Waals surface area (Å²) in [5.41, 5.74) is 0. The van der Waals surface area contributed by atoms with Crippen molar-refractivity contribution in [3.05, 3.63) is 24.3 Å². The average molecular weight is 208 g/mol. The Hall–Kier alpha value is -1.18. The molecule has 0 unspecified atom stereocenters. The van der Waals surface area contributed by atoms with E-state index in [2.05, 4.69) is 6.92 Å². The molecule has 2 nitrogen and oxygen atoms in total. The molecule has 0 amide bonds. The predicted octanol–water partition coefficient (Wildman–Crippen LogP) is 3.23. The van der Waals surface area contributed by atoms with Gasteiger partial charge in [-0.15, -0.1) is 0 Å². The molecule has 0 spiro atoms. The van der Waals surface area contributed by atoms with Gasteiger partial charge in [-0.1, -0.05) is 31.6 Å². The van der Waals surface area contributed by atoms with E-state index < -0.39 is 0 Å². The van der Waals surface area contributed by atoms with Gasteiger partial charge in [-0.05, 0) is 25.8 Å². The molecule has 0 aliphatic heterocycles. The third-order valence-corrected chi connectivity index (χ3v) is 1.98. The molecular weight excluding hydrogens is 188 g/mol. The smallest absolute Gasteiger partial charge is 0.152 e. The van der Waals surface area contributed by atoms with Gasteiger partial charge in [0.15, 0.2) is 5.78 Å². The van der Waals surface area contributed by atoms with Gasteiger partial charge in [0.1, 0.15) is 5.78 Å². The minimum absolute atomic E-state index is 0.0404. The van der Waals surface area contributed by atoms with Crippen molar-refractivity contribution in [3.63, 3.8) is 0 Å². The molecule has 0 aromatic heterocycles. The summed E-state index contributed by atoms with van der Waals surface area (Å²) in [4.78, 5) is 21.8. The van der Waals surface area contributed by atoms with E-state index in [9.17, 15) is 9.59 Å². The molecule has 0 saturated carbocycles. The van der Waals surface area contributed by atoms with Crippen molar-refractivity contribution < 1.29 is 9.59 Å². The normalized spacial score (nSPS) is 11.3. The van der Waals surface area contributed by atoms with Crippen molar-refractivity contribution in [2.45, 2.75) is 46.0 Å². The van der Waals surface area contributed by atoms with Crippen molar-refractivity contribution in [1.82, 2.24) is 0 Å². The van der Waals surface area contributed by atoms with Crippen LogP contribution < -0.4 is 0 Å². The van der Waals surface area contributed by atoms with E-state index in [4.69, 9.17) is 0 Å². The van der Waals surface area contributed by atoms with Gasteiger partial charge in [0.05, 0.1) is 0 Å². The van der Waals surface area contributed by atoms with E-state index in [1.807, 2.05) is 12.2 Å². The number of Topliss-reactive ketones (excluding diaryl/α,β-unsaturated/α-hetero) is 1. The first-order valence-corrected chi connectivity index (χ1v) is 5.52. The van der Waals surface area contributed by atoms with E-state index >= 15 is 0 Å². The van der Waals surface area contributed by atoms with Crippen LogP contribution in [0, 0.1) is 0 Å². The number of ketones is 2. The third kappa shape index (κ3) is 10.7. The van der Waals surface area contributed by atoms with E-state index in [1.165, 1.54) is 13.0 Å². The summed E-state index contributed by atoms with van der Waals surface area (Å²) in [5, 5.41) is 0. The quantitative estimate of drug-likeness (QED) is 0.453. The fourth-order valence-electron chi connectivity index (χ4n) is 1.11. The molecule has 0 atom stereocenters. The lowest BCUT2D eigenvalue weighted by Gasteiger charge is -1.95. The molecule has 0 aromatic rings. The minimum atomic E-state index is 0.0404. The Morgan fingerprint density at radius 1 is 1.13 bits per heavy atom. The zero-order chi connectivity index (χ0) is 11.5. The van der Waals surface area contributed by atoms with Crippen LogP contribution in [0.1, 0.15) is 46.0 Å². The molecule has 0 aliphatic carbocycles. The van der Waals surface area contributed by atoms with Crippen LogP contribution in [0.4, 0.5) is 0 Å². The summed E-state index contributed by atoms with van der Waals surface area (Å²) < 4.78 is 0. The van der Waals surface area contributed by atoms with Gasteiger partial charge in [-0.3, -0.25) is 9.59 Å². The third-order valence-electron chi connectivity index (χ3n) is 1.98. The van der Waals surface area contributed by atoms with Gasteiger partial charge >= 0.3 is 0 Å². The number of carbonyl (C=O) groups excluding carboxylic acids is 2. The second-order valence-electron chi connectivity index (χ2n) is 3.58. The number of hydrogen-bond acceptors (Lipinski definition) is 2. The zero-order valence-electron chi connectivity index (χ0n) is 9.66. The monoisotopic (exact) mass is 208 g/mol. The van der Waals surface area contributed by atoms with Crippen molar-refractivity contribution in [3.8, 4) is 0 Å². The topological polar surface area (TPSA) is 34.1 Å². The van der Waals surface area contributed by atoms with Gasteiger partial charge in [0.25, 0.3) is 0 Å². The predicted molar refractivity (Wildman–Crippen MR) is 62.7 cm³/mol. The summed E-state index contributed by atoms with van der Waals surface area (Å²) in [6.45, 7) is 3.60. The number of rotatable bonds is 8. The first-order valence-electron chi connectivity index (χ1n) is 5.52. The Labute approximate surface area is 92.1 Å². The van der Waals surface area contributed by atoms with Crippen LogP contribution in [0.2, 0.25) is 0 Å². The van der Waals surface area contributed by atoms with Crippen LogP contribution in [0.25, 0.3) is 0 Å². The molecule has 2 heteroatoms. The molecule has 0 aromatic carbocycles. The largest absolute Gasteiger partial charge is 0.300 e. The van der Waals surface area contributed by atoms with E-state index in [1.54, 1.807) is 6.08 Å². The van der Waals surface area contributed by atoms with Gasteiger partial charge in [-0.25, -0.2) is 0 Å². The van der Waals surface area contributed by atoms with Crippen molar-refractivity contribution in [2.75, 3.05) is 0 Å². The lowest BCUT2D eigenvalue weighted by Crippen LogP contribution is -1.95. The molecule has 0 heterocycles. The molecule has 0 N–H and O–H groups in total. The molecule has 0 bridgehead atoms. The van der Waals surface area contributed by atoms with Crippen molar-refractivity contribution in [2.24, 2.45) is 0 Å². The van der Waals surface area contributed by atoms with Crippen molar-refractivity contribution in [1.29, 1.82) is 0 Å². The first kappa shape index (κ1) is 13.8. The van der Waals surface area contributed by atoms with Gasteiger partial charge in [-0.2, -0.15) is 0 Å². The zero-order valence-corrected chi connectivity index (χ0v) is 9.66. The van der Waals surface area contributed by atoms with Crippen LogP contribution >= 0.6 is 0 Å². The molecular formula is C13H20O2. The first-order chi connectivity index (χ1) is 7.16. The summed E-state index contributed by atoms with van der Waals surface area (Å²) in [7, 11) is 0. The van der Waals surface area contributed by atoms with Crippen LogP contribution in [0.5, 0.6) is 0 Å². The minimum Gasteiger partial charge on any atom is -0.300 e. The van der Waals surface area contributed by atoms with Gasteiger partial charge < -0.3 is 0 Å². The van der Waals surface area contributed by atoms with Crippen LogP contribution in [0.15, 0.2) is 24.3 Å². The molecule has 0 fully saturated rings. The number of hydrogen-bond donors (Lipinski definition) is 0. The fraction of sp³-hybridized carbons (Fsp3) is 0.538. The van der Waals surface area contributed by atoms with Crippen LogP contribution in [-0.4, -0.2) is 11.6 Å². The maximum Gasteiger partial charge on any atom is 0.152 e. The second-order valence-corrected chi connectivity index (χ2v) is 3.58. The van der Waals surface area contributed by atoms with Crippen LogP contribution in [0.3, 0.4) is 0 Å². The molecule has 0 saturated heterocycles. The highest BCUT2D eigenvalue weighted by Gasteiger charge is 1.97. The average Bonchev–Trinajstić information content (AvgIpc) is 2.19. The van der Waals surface area contributed by atoms with Crippen molar-refractivity contribution >= 4 is 11.6 Å². The standard InChI is InChI=1S/C13H20O2/c1-3-4-10-13(15)11-8-6-5-7-9-12(2)14/h5-7,9H,3-4,8,10-11H2,1-2H3/b6-5+,9-7+. The Bertz CT molecular complexity index is 249. The molecule has 84 valence electrons. The van der Waals surface area contributed by atoms with E-state index in [0.29, 0.717) is 18.6 Å². The molecule has 0 radical (unpaired) electrons. The lowest BCUT2D eigenvalue weighted by atomic mass is 10.1.